The van der Waals surface area contributed by atoms with Crippen molar-refractivity contribution in [3.05, 3.63) is 64.2 Å². The van der Waals surface area contributed by atoms with E-state index < -0.39 is 17.7 Å². The molecule has 1 unspecified atom stereocenters. The van der Waals surface area contributed by atoms with Gasteiger partial charge in [0.2, 0.25) is 0 Å². The average Bonchev–Trinajstić information content (AvgIpc) is 2.91. The summed E-state index contributed by atoms with van der Waals surface area (Å²) >= 11 is 0. The Morgan fingerprint density at radius 1 is 1.20 bits per heavy atom. The number of aliphatic hydroxyl groups excluding tert-OH is 1. The number of halogens is 2. The number of fused-ring (bicyclic) bond motifs is 1. The molecule has 2 nitrogen and oxygen atoms in total. The summed E-state index contributed by atoms with van der Waals surface area (Å²) in [5.74, 6) is -0.926. The lowest BCUT2D eigenvalue weighted by Gasteiger charge is -2.17. The molecule has 0 spiro atoms. The molecule has 0 saturated heterocycles. The lowest BCUT2D eigenvalue weighted by atomic mass is 9.96. The molecular weight excluding hydrogens is 262 g/mol. The maximum atomic E-state index is 14.1. The largest absolute Gasteiger partial charge is 0.493 e. The fourth-order valence-electron chi connectivity index (χ4n) is 2.54. The summed E-state index contributed by atoms with van der Waals surface area (Å²) in [6.45, 7) is 2.06. The molecule has 1 N–H and O–H groups in total. The van der Waals surface area contributed by atoms with E-state index in [-0.39, 0.29) is 5.56 Å². The minimum absolute atomic E-state index is 0.300. The highest BCUT2D eigenvalue weighted by Crippen LogP contribution is 2.37. The third-order valence-corrected chi connectivity index (χ3v) is 3.63. The van der Waals surface area contributed by atoms with Crippen molar-refractivity contribution >= 4 is 0 Å². The molecule has 104 valence electrons. The minimum Gasteiger partial charge on any atom is -0.493 e. The molecule has 1 aliphatic heterocycles. The second-order valence-electron chi connectivity index (χ2n) is 4.93. The van der Waals surface area contributed by atoms with Crippen molar-refractivity contribution in [2.45, 2.75) is 19.4 Å². The zero-order valence-corrected chi connectivity index (χ0v) is 11.0. The van der Waals surface area contributed by atoms with E-state index in [1.54, 1.807) is 12.1 Å². The highest BCUT2D eigenvalue weighted by atomic mass is 19.1. The van der Waals surface area contributed by atoms with Crippen LogP contribution < -0.4 is 4.74 Å². The number of rotatable bonds is 2. The molecule has 1 heterocycles. The number of aliphatic hydroxyl groups is 1. The zero-order valence-electron chi connectivity index (χ0n) is 11.0. The fourth-order valence-corrected chi connectivity index (χ4v) is 2.54. The second-order valence-corrected chi connectivity index (χ2v) is 4.93. The summed E-state index contributed by atoms with van der Waals surface area (Å²) in [5, 5.41) is 10.4. The molecule has 0 aromatic heterocycles. The second kappa shape index (κ2) is 4.87. The molecule has 0 radical (unpaired) electrons. The predicted octanol–water partition coefficient (Wildman–Crippen LogP) is 3.29. The first-order valence-corrected chi connectivity index (χ1v) is 6.46. The van der Waals surface area contributed by atoms with Gasteiger partial charge >= 0.3 is 0 Å². The third-order valence-electron chi connectivity index (χ3n) is 3.63. The van der Waals surface area contributed by atoms with Crippen molar-refractivity contribution in [3.63, 3.8) is 0 Å². The first-order chi connectivity index (χ1) is 9.59. The topological polar surface area (TPSA) is 29.5 Å². The van der Waals surface area contributed by atoms with Crippen molar-refractivity contribution in [1.29, 1.82) is 0 Å². The van der Waals surface area contributed by atoms with Crippen LogP contribution in [0.3, 0.4) is 0 Å². The van der Waals surface area contributed by atoms with Crippen LogP contribution in [0.4, 0.5) is 8.78 Å². The maximum absolute atomic E-state index is 14.1. The van der Waals surface area contributed by atoms with E-state index in [1.165, 1.54) is 19.1 Å². The Morgan fingerprint density at radius 2 is 2.00 bits per heavy atom. The van der Waals surface area contributed by atoms with Crippen molar-refractivity contribution in [3.8, 4) is 5.75 Å². The molecule has 0 fully saturated rings. The average molecular weight is 276 g/mol. The van der Waals surface area contributed by atoms with E-state index in [0.29, 0.717) is 23.5 Å². The van der Waals surface area contributed by atoms with Gasteiger partial charge in [0.25, 0.3) is 0 Å². The van der Waals surface area contributed by atoms with Crippen molar-refractivity contribution < 1.29 is 18.6 Å². The van der Waals surface area contributed by atoms with Gasteiger partial charge in [-0.2, -0.15) is 0 Å². The van der Waals surface area contributed by atoms with Crippen molar-refractivity contribution in [2.24, 2.45) is 0 Å². The van der Waals surface area contributed by atoms with E-state index in [4.69, 9.17) is 4.74 Å². The summed E-state index contributed by atoms with van der Waals surface area (Å²) in [4.78, 5) is 0. The number of benzene rings is 2. The maximum Gasteiger partial charge on any atom is 0.135 e. The quantitative estimate of drug-likeness (QED) is 0.912. The summed E-state index contributed by atoms with van der Waals surface area (Å²) in [6, 6.07) is 7.81. The Labute approximate surface area is 115 Å². The number of aryl methyl sites for hydroxylation is 1. The zero-order chi connectivity index (χ0) is 14.3. The number of ether oxygens (including phenoxy) is 1. The van der Waals surface area contributed by atoms with Crippen LogP contribution in [0.25, 0.3) is 0 Å². The Kier molecular flexibility index (Phi) is 3.18. The summed E-state index contributed by atoms with van der Waals surface area (Å²) < 4.78 is 33.5. The first-order valence-electron chi connectivity index (χ1n) is 6.46. The van der Waals surface area contributed by atoms with Crippen LogP contribution >= 0.6 is 0 Å². The number of hydrogen-bond donors (Lipinski definition) is 1. The Balaban J connectivity index is 2.13. The predicted molar refractivity (Wildman–Crippen MR) is 70.8 cm³/mol. The van der Waals surface area contributed by atoms with Gasteiger partial charge in [-0.05, 0) is 24.1 Å². The molecule has 20 heavy (non-hydrogen) atoms. The van der Waals surface area contributed by atoms with Gasteiger partial charge in [-0.25, -0.2) is 8.78 Å². The Hall–Kier alpha value is -1.94. The van der Waals surface area contributed by atoms with Gasteiger partial charge in [0, 0.05) is 12.0 Å². The Morgan fingerprint density at radius 3 is 2.80 bits per heavy atom. The van der Waals surface area contributed by atoms with Crippen molar-refractivity contribution in [1.82, 2.24) is 0 Å². The van der Waals surface area contributed by atoms with Crippen LogP contribution in [-0.2, 0) is 6.42 Å². The molecule has 0 saturated carbocycles. The molecule has 2 aromatic rings. The third kappa shape index (κ3) is 1.96. The van der Waals surface area contributed by atoms with Crippen LogP contribution in [0, 0.1) is 18.6 Å². The van der Waals surface area contributed by atoms with E-state index in [1.807, 2.05) is 6.07 Å². The van der Waals surface area contributed by atoms with E-state index in [2.05, 4.69) is 0 Å². The van der Waals surface area contributed by atoms with Crippen LogP contribution in [0.2, 0.25) is 0 Å². The van der Waals surface area contributed by atoms with Crippen molar-refractivity contribution in [2.75, 3.05) is 6.61 Å². The molecule has 4 heteroatoms. The van der Waals surface area contributed by atoms with E-state index in [0.717, 1.165) is 12.0 Å². The van der Waals surface area contributed by atoms with Crippen LogP contribution in [0.1, 0.15) is 28.4 Å². The molecule has 0 amide bonds. The van der Waals surface area contributed by atoms with Gasteiger partial charge in [0.1, 0.15) is 23.5 Å². The fraction of sp³-hybridized carbons (Fsp3) is 0.250. The van der Waals surface area contributed by atoms with Crippen LogP contribution in [0.5, 0.6) is 5.75 Å². The van der Waals surface area contributed by atoms with Gasteiger partial charge in [-0.15, -0.1) is 0 Å². The van der Waals surface area contributed by atoms with Gasteiger partial charge in [0.15, 0.2) is 0 Å². The van der Waals surface area contributed by atoms with Gasteiger partial charge < -0.3 is 9.84 Å². The van der Waals surface area contributed by atoms with Gasteiger partial charge in [-0.3, -0.25) is 0 Å². The summed E-state index contributed by atoms with van der Waals surface area (Å²) in [7, 11) is 0. The lowest BCUT2D eigenvalue weighted by molar-refractivity contribution is 0.203. The number of hydrogen-bond acceptors (Lipinski definition) is 2. The lowest BCUT2D eigenvalue weighted by Crippen LogP contribution is -2.08. The molecule has 0 aliphatic carbocycles. The minimum atomic E-state index is -1.37. The monoisotopic (exact) mass is 276 g/mol. The molecule has 1 atom stereocenters. The summed E-state index contributed by atoms with van der Waals surface area (Å²) in [5.41, 5.74) is 1.33. The van der Waals surface area contributed by atoms with Gasteiger partial charge in [0.05, 0.1) is 12.2 Å². The smallest absolute Gasteiger partial charge is 0.135 e. The van der Waals surface area contributed by atoms with Gasteiger partial charge in [-0.1, -0.05) is 24.3 Å². The van der Waals surface area contributed by atoms with Crippen LogP contribution in [0.15, 0.2) is 30.3 Å². The molecule has 2 aromatic carbocycles. The molecular formula is C16H14F2O2. The SMILES string of the molecule is Cc1ccc(F)c(C(O)c2cccc3c2OCC3)c1F. The standard InChI is InChI=1S/C16H14F2O2/c1-9-5-6-12(17)13(14(9)18)15(19)11-4-2-3-10-7-8-20-16(10)11/h2-6,15,19H,7-8H2,1H3. The first kappa shape index (κ1) is 13.1. The van der Waals surface area contributed by atoms with E-state index >= 15 is 0 Å². The Bertz CT molecular complexity index is 668. The van der Waals surface area contributed by atoms with Crippen LogP contribution in [-0.4, -0.2) is 11.7 Å². The highest BCUT2D eigenvalue weighted by molar-refractivity contribution is 5.48. The molecule has 3 rings (SSSR count). The normalized spacial score (nSPS) is 14.8. The molecule has 0 bridgehead atoms. The molecule has 1 aliphatic rings. The van der Waals surface area contributed by atoms with E-state index in [9.17, 15) is 13.9 Å². The highest BCUT2D eigenvalue weighted by Gasteiger charge is 2.26. The number of para-hydroxylation sites is 1. The summed E-state index contributed by atoms with van der Waals surface area (Å²) in [6.07, 6.45) is -0.628.